The largest absolute Gasteiger partial charge is 0.488 e. The lowest BCUT2D eigenvalue weighted by Crippen LogP contribution is -2.20. The normalized spacial score (nSPS) is 12.2. The first-order valence-electron chi connectivity index (χ1n) is 12.0. The van der Waals surface area contributed by atoms with Crippen molar-refractivity contribution in [1.29, 1.82) is 0 Å². The molecular formula is C29H20N4O6. The topological polar surface area (TPSA) is 118 Å². The van der Waals surface area contributed by atoms with Crippen LogP contribution in [-0.4, -0.2) is 27.6 Å². The number of non-ortho nitro benzene ring substituents is 1. The monoisotopic (exact) mass is 520 g/mol. The summed E-state index contributed by atoms with van der Waals surface area (Å²) in [4.78, 5) is 29.1. The molecule has 192 valence electrons. The van der Waals surface area contributed by atoms with E-state index in [4.69, 9.17) is 14.2 Å². The Labute approximate surface area is 221 Å². The Balaban J connectivity index is 1.40. The molecule has 0 fully saturated rings. The lowest BCUT2D eigenvalue weighted by molar-refractivity contribution is -0.384. The Bertz CT molecular complexity index is 1800. The molecule has 5 aromatic rings. The Morgan fingerprint density at radius 2 is 1.77 bits per heavy atom. The van der Waals surface area contributed by atoms with E-state index in [1.807, 2.05) is 48.5 Å². The molecule has 1 aliphatic rings. The molecule has 0 spiro atoms. The number of hydrogen-bond donors (Lipinski definition) is 0. The summed E-state index contributed by atoms with van der Waals surface area (Å²) >= 11 is 0. The van der Waals surface area contributed by atoms with Crippen molar-refractivity contribution >= 4 is 22.8 Å². The molecular weight excluding hydrogens is 500 g/mol. The van der Waals surface area contributed by atoms with Gasteiger partial charge in [-0.3, -0.25) is 14.9 Å². The maximum atomic E-state index is 13.5. The van der Waals surface area contributed by atoms with Crippen LogP contribution >= 0.6 is 0 Å². The van der Waals surface area contributed by atoms with Gasteiger partial charge in [-0.15, -0.1) is 0 Å². The molecule has 1 aromatic heterocycles. The second-order valence-corrected chi connectivity index (χ2v) is 8.64. The van der Waals surface area contributed by atoms with Gasteiger partial charge < -0.3 is 14.2 Å². The summed E-state index contributed by atoms with van der Waals surface area (Å²) in [5.74, 6) is 1.97. The Morgan fingerprint density at radius 1 is 0.974 bits per heavy atom. The smallest absolute Gasteiger partial charge is 0.282 e. The first kappa shape index (κ1) is 23.9. The fourth-order valence-electron chi connectivity index (χ4n) is 4.20. The van der Waals surface area contributed by atoms with Crippen molar-refractivity contribution in [1.82, 2.24) is 9.66 Å². The third kappa shape index (κ3) is 4.78. The van der Waals surface area contributed by atoms with Gasteiger partial charge in [0.05, 0.1) is 22.0 Å². The average Bonchev–Trinajstić information content (AvgIpc) is 3.44. The van der Waals surface area contributed by atoms with Crippen LogP contribution in [0.1, 0.15) is 11.1 Å². The number of rotatable bonds is 7. The van der Waals surface area contributed by atoms with E-state index in [-0.39, 0.29) is 24.6 Å². The van der Waals surface area contributed by atoms with Crippen LogP contribution in [0.4, 0.5) is 5.69 Å². The van der Waals surface area contributed by atoms with Crippen LogP contribution in [0.15, 0.2) is 101 Å². The van der Waals surface area contributed by atoms with Crippen molar-refractivity contribution in [2.24, 2.45) is 5.10 Å². The molecule has 0 aliphatic carbocycles. The van der Waals surface area contributed by atoms with Gasteiger partial charge in [0, 0.05) is 23.3 Å². The molecule has 1 aliphatic heterocycles. The van der Waals surface area contributed by atoms with Crippen LogP contribution < -0.4 is 19.8 Å². The second kappa shape index (κ2) is 10.1. The molecule has 0 amide bonds. The zero-order valence-electron chi connectivity index (χ0n) is 20.4. The fraction of sp³-hybridized carbons (Fsp3) is 0.0690. The third-order valence-electron chi connectivity index (χ3n) is 6.13. The highest BCUT2D eigenvalue weighted by Crippen LogP contribution is 2.33. The number of nitrogens with zero attached hydrogens (tertiary/aromatic N) is 4. The van der Waals surface area contributed by atoms with E-state index in [0.717, 1.165) is 5.56 Å². The Hall–Kier alpha value is -5.51. The highest BCUT2D eigenvalue weighted by molar-refractivity contribution is 5.85. The molecule has 10 nitrogen and oxygen atoms in total. The van der Waals surface area contributed by atoms with Crippen LogP contribution in [0.2, 0.25) is 0 Å². The van der Waals surface area contributed by atoms with Crippen molar-refractivity contribution in [3.05, 3.63) is 123 Å². The molecule has 0 saturated heterocycles. The van der Waals surface area contributed by atoms with Crippen molar-refractivity contribution in [2.75, 3.05) is 6.79 Å². The third-order valence-corrected chi connectivity index (χ3v) is 6.13. The maximum Gasteiger partial charge on any atom is 0.282 e. The predicted octanol–water partition coefficient (Wildman–Crippen LogP) is 5.16. The summed E-state index contributed by atoms with van der Waals surface area (Å²) in [6.45, 7) is 0.332. The average molecular weight is 521 g/mol. The predicted molar refractivity (Wildman–Crippen MR) is 144 cm³/mol. The number of nitro groups is 1. The van der Waals surface area contributed by atoms with Crippen molar-refractivity contribution in [3.63, 3.8) is 0 Å². The molecule has 0 saturated carbocycles. The molecule has 10 heteroatoms. The molecule has 0 bridgehead atoms. The summed E-state index contributed by atoms with van der Waals surface area (Å²) in [7, 11) is 0. The number of nitro benzene ring substituents is 1. The second-order valence-electron chi connectivity index (χ2n) is 8.64. The lowest BCUT2D eigenvalue weighted by atomic mass is 10.2. The van der Waals surface area contributed by atoms with Gasteiger partial charge in [0.15, 0.2) is 17.3 Å². The van der Waals surface area contributed by atoms with Crippen LogP contribution in [0.25, 0.3) is 22.3 Å². The summed E-state index contributed by atoms with van der Waals surface area (Å²) in [6, 6.07) is 25.9. The van der Waals surface area contributed by atoms with E-state index >= 15 is 0 Å². The van der Waals surface area contributed by atoms with E-state index in [1.54, 1.807) is 24.3 Å². The van der Waals surface area contributed by atoms with Crippen molar-refractivity contribution < 1.29 is 19.1 Å². The van der Waals surface area contributed by atoms with Crippen LogP contribution in [-0.2, 0) is 6.61 Å². The van der Waals surface area contributed by atoms with Crippen LogP contribution in [0, 0.1) is 10.1 Å². The van der Waals surface area contributed by atoms with Crippen molar-refractivity contribution in [2.45, 2.75) is 6.61 Å². The number of aromatic nitrogens is 2. The highest BCUT2D eigenvalue weighted by Gasteiger charge is 2.16. The lowest BCUT2D eigenvalue weighted by Gasteiger charge is -2.11. The number of benzene rings is 4. The van der Waals surface area contributed by atoms with E-state index in [1.165, 1.54) is 29.1 Å². The number of para-hydroxylation sites is 1. The molecule has 2 heterocycles. The standard InChI is InChI=1S/C29H20N4O6/c34-29-23-8-4-5-9-24(23)31-28(20-6-2-1-3-7-20)32(29)30-16-21-15-22(33(35)36)11-13-25(21)37-17-19-10-12-26-27(14-19)39-18-38-26/h1-16H,17-18H2. The van der Waals surface area contributed by atoms with Crippen molar-refractivity contribution in [3.8, 4) is 28.6 Å². The van der Waals surface area contributed by atoms with E-state index in [0.29, 0.717) is 45.1 Å². The van der Waals surface area contributed by atoms with E-state index < -0.39 is 4.92 Å². The summed E-state index contributed by atoms with van der Waals surface area (Å²) in [5, 5.41) is 16.3. The SMILES string of the molecule is O=c1c2ccccc2nc(-c2ccccc2)n1N=Cc1cc([N+](=O)[O-])ccc1OCc1ccc2c(c1)OCO2. The molecule has 0 N–H and O–H groups in total. The first-order chi connectivity index (χ1) is 19.1. The minimum Gasteiger partial charge on any atom is -0.488 e. The van der Waals surface area contributed by atoms with Crippen LogP contribution in [0.5, 0.6) is 17.2 Å². The van der Waals surface area contributed by atoms with Gasteiger partial charge in [0.1, 0.15) is 12.4 Å². The number of fused-ring (bicyclic) bond motifs is 2. The minimum absolute atomic E-state index is 0.140. The van der Waals surface area contributed by atoms with Gasteiger partial charge in [0.25, 0.3) is 11.2 Å². The van der Waals surface area contributed by atoms with E-state index in [2.05, 4.69) is 10.1 Å². The Morgan fingerprint density at radius 3 is 2.62 bits per heavy atom. The maximum absolute atomic E-state index is 13.5. The molecule has 0 unspecified atom stereocenters. The van der Waals surface area contributed by atoms with Gasteiger partial charge in [-0.25, -0.2) is 4.98 Å². The highest BCUT2D eigenvalue weighted by atomic mass is 16.7. The molecule has 0 radical (unpaired) electrons. The molecule has 39 heavy (non-hydrogen) atoms. The quantitative estimate of drug-likeness (QED) is 0.165. The van der Waals surface area contributed by atoms with Gasteiger partial charge in [0.2, 0.25) is 6.79 Å². The summed E-state index contributed by atoms with van der Waals surface area (Å²) in [5.41, 5.74) is 1.86. The number of hydrogen-bond acceptors (Lipinski definition) is 8. The molecule has 6 rings (SSSR count). The zero-order chi connectivity index (χ0) is 26.8. The van der Waals surface area contributed by atoms with Crippen LogP contribution in [0.3, 0.4) is 0 Å². The fourth-order valence-corrected chi connectivity index (χ4v) is 4.20. The van der Waals surface area contributed by atoms with E-state index in [9.17, 15) is 14.9 Å². The molecule has 0 atom stereocenters. The van der Waals surface area contributed by atoms with Gasteiger partial charge >= 0.3 is 0 Å². The minimum atomic E-state index is -0.502. The Kier molecular flexibility index (Phi) is 6.18. The van der Waals surface area contributed by atoms with Gasteiger partial charge in [-0.2, -0.15) is 9.78 Å². The molecule has 4 aromatic carbocycles. The van der Waals surface area contributed by atoms with Gasteiger partial charge in [-0.1, -0.05) is 48.5 Å². The first-order valence-corrected chi connectivity index (χ1v) is 12.0. The zero-order valence-corrected chi connectivity index (χ0v) is 20.4. The summed E-state index contributed by atoms with van der Waals surface area (Å²) < 4.78 is 18.0. The number of ether oxygens (including phenoxy) is 3. The van der Waals surface area contributed by atoms with Gasteiger partial charge in [-0.05, 0) is 35.9 Å². The summed E-state index contributed by atoms with van der Waals surface area (Å²) in [6.07, 6.45) is 1.37.